The van der Waals surface area contributed by atoms with Crippen LogP contribution in [-0.4, -0.2) is 22.4 Å². The highest BCUT2D eigenvalue weighted by molar-refractivity contribution is 6.27. The number of fused-ring (bicyclic) bond motifs is 1. The van der Waals surface area contributed by atoms with Gasteiger partial charge in [0.2, 0.25) is 0 Å². The molecule has 0 aliphatic rings. The summed E-state index contributed by atoms with van der Waals surface area (Å²) in [6.07, 6.45) is 0.504. The molecule has 0 fully saturated rings. The first-order valence-electron chi connectivity index (χ1n) is 12.9. The molecule has 0 bridgehead atoms. The molecule has 204 valence electrons. The predicted molar refractivity (Wildman–Crippen MR) is 154 cm³/mol. The topological polar surface area (TPSA) is 85.7 Å². The van der Waals surface area contributed by atoms with Crippen molar-refractivity contribution >= 4 is 34.4 Å². The summed E-state index contributed by atoms with van der Waals surface area (Å²) in [5.74, 6) is -3.35. The molecule has 0 unspecified atom stereocenters. The highest BCUT2D eigenvalue weighted by atomic mass is 19.1. The van der Waals surface area contributed by atoms with E-state index in [0.29, 0.717) is 17.3 Å². The molecule has 0 atom stereocenters. The molecule has 1 heterocycles. The van der Waals surface area contributed by atoms with E-state index < -0.39 is 34.7 Å². The number of halogens is 1. The molecule has 7 nitrogen and oxygen atoms in total. The third-order valence-electron chi connectivity index (χ3n) is 6.77. The van der Waals surface area contributed by atoms with Crippen LogP contribution < -0.4 is 15.2 Å². The van der Waals surface area contributed by atoms with E-state index in [1.54, 1.807) is 60.7 Å². The first-order chi connectivity index (χ1) is 19.8. The van der Waals surface area contributed by atoms with E-state index in [-0.39, 0.29) is 22.6 Å². The molecule has 5 aromatic rings. The Hall–Kier alpha value is -5.37. The van der Waals surface area contributed by atoms with E-state index in [1.165, 1.54) is 35.9 Å². The van der Waals surface area contributed by atoms with Crippen LogP contribution in [-0.2, 0) is 13.5 Å². The van der Waals surface area contributed by atoms with Crippen molar-refractivity contribution in [1.82, 2.24) is 4.57 Å². The quantitative estimate of drug-likeness (QED) is 0.194. The van der Waals surface area contributed by atoms with E-state index in [0.717, 1.165) is 22.6 Å². The van der Waals surface area contributed by atoms with Gasteiger partial charge in [-0.15, -0.1) is 0 Å². The lowest BCUT2D eigenvalue weighted by Gasteiger charge is -2.23. The molecular weight excluding hydrogens is 523 g/mol. The van der Waals surface area contributed by atoms with Crippen molar-refractivity contribution in [3.05, 3.63) is 142 Å². The van der Waals surface area contributed by atoms with Crippen molar-refractivity contribution in [1.29, 1.82) is 0 Å². The smallest absolute Gasteiger partial charge is 0.343 e. The number of aryl methyl sites for hydroxylation is 2. The zero-order chi connectivity index (χ0) is 29.1. The molecule has 0 aliphatic carbocycles. The van der Waals surface area contributed by atoms with Gasteiger partial charge in [0.1, 0.15) is 11.4 Å². The van der Waals surface area contributed by atoms with Crippen LogP contribution in [0.5, 0.6) is 5.75 Å². The average Bonchev–Trinajstić information content (AvgIpc) is 3.01. The maximum atomic E-state index is 14.4. The maximum Gasteiger partial charge on any atom is 0.343 e. The van der Waals surface area contributed by atoms with Gasteiger partial charge in [-0.3, -0.25) is 14.4 Å². The summed E-state index contributed by atoms with van der Waals surface area (Å²) in [5.41, 5.74) is 0.328. The largest absolute Gasteiger partial charge is 0.421 e. The Bertz CT molecular complexity index is 1830. The summed E-state index contributed by atoms with van der Waals surface area (Å²) in [6.45, 7) is 1.90. The minimum atomic E-state index is -1.02. The second-order valence-electron chi connectivity index (χ2n) is 9.28. The standard InChI is InChI=1S/C33H25FN2O5/c1-3-21-15-10-16-26-27(21)29(41-33(40)23-13-8-5-9-14-23)28(31(38)35(26)2)32(39)36(25-19-17-24(34)18-20-25)30(37)22-11-6-4-7-12-22/h4-20H,3H2,1-2H3. The average molecular weight is 549 g/mol. The number of hydrogen-bond acceptors (Lipinski definition) is 5. The number of esters is 1. The van der Waals surface area contributed by atoms with Crippen molar-refractivity contribution in [2.45, 2.75) is 13.3 Å². The molecule has 0 radical (unpaired) electrons. The van der Waals surface area contributed by atoms with Crippen molar-refractivity contribution < 1.29 is 23.5 Å². The van der Waals surface area contributed by atoms with Gasteiger partial charge in [-0.2, -0.15) is 0 Å². The number of aromatic nitrogens is 1. The van der Waals surface area contributed by atoms with Gasteiger partial charge in [0.25, 0.3) is 17.4 Å². The fourth-order valence-corrected chi connectivity index (χ4v) is 4.68. The summed E-state index contributed by atoms with van der Waals surface area (Å²) < 4.78 is 21.0. The molecule has 0 saturated carbocycles. The van der Waals surface area contributed by atoms with Gasteiger partial charge in [0, 0.05) is 18.0 Å². The lowest BCUT2D eigenvalue weighted by atomic mass is 10.0. The van der Waals surface area contributed by atoms with Crippen LogP contribution >= 0.6 is 0 Å². The molecule has 41 heavy (non-hydrogen) atoms. The van der Waals surface area contributed by atoms with Crippen molar-refractivity contribution in [3.63, 3.8) is 0 Å². The Morgan fingerprint density at radius 1 is 0.780 bits per heavy atom. The first-order valence-corrected chi connectivity index (χ1v) is 12.9. The highest BCUT2D eigenvalue weighted by Gasteiger charge is 2.33. The Labute approximate surface area is 235 Å². The van der Waals surface area contributed by atoms with Crippen molar-refractivity contribution in [2.24, 2.45) is 7.05 Å². The number of amides is 2. The Morgan fingerprint density at radius 3 is 2.00 bits per heavy atom. The maximum absolute atomic E-state index is 14.4. The van der Waals surface area contributed by atoms with E-state index in [4.69, 9.17) is 4.74 Å². The monoisotopic (exact) mass is 548 g/mol. The van der Waals surface area contributed by atoms with Crippen LogP contribution in [0.15, 0.2) is 108 Å². The minimum absolute atomic E-state index is 0.0384. The van der Waals surface area contributed by atoms with Crippen molar-refractivity contribution in [2.75, 3.05) is 4.90 Å². The van der Waals surface area contributed by atoms with Gasteiger partial charge in [0.05, 0.1) is 16.8 Å². The first kappa shape index (κ1) is 27.2. The molecule has 5 rings (SSSR count). The number of anilines is 1. The van der Waals surface area contributed by atoms with E-state index in [1.807, 2.05) is 13.0 Å². The van der Waals surface area contributed by atoms with Crippen LogP contribution in [0.1, 0.15) is 43.6 Å². The third kappa shape index (κ3) is 5.15. The molecule has 4 aromatic carbocycles. The van der Waals surface area contributed by atoms with Crippen LogP contribution in [0.25, 0.3) is 10.9 Å². The molecule has 2 amide bonds. The number of rotatable bonds is 6. The second kappa shape index (κ2) is 11.4. The van der Waals surface area contributed by atoms with Gasteiger partial charge in [-0.25, -0.2) is 14.1 Å². The summed E-state index contributed by atoms with van der Waals surface area (Å²) in [4.78, 5) is 56.1. The number of carbonyl (C=O) groups excluding carboxylic acids is 3. The highest BCUT2D eigenvalue weighted by Crippen LogP contribution is 2.34. The van der Waals surface area contributed by atoms with Crippen LogP contribution in [0, 0.1) is 5.82 Å². The SMILES string of the molecule is CCc1cccc2c1c(OC(=O)c1ccccc1)c(C(=O)N(C(=O)c1ccccc1)c1ccc(F)cc1)c(=O)n2C. The molecule has 0 saturated heterocycles. The number of pyridine rings is 1. The molecular formula is C33H25FN2O5. The van der Waals surface area contributed by atoms with Gasteiger partial charge in [-0.1, -0.05) is 55.5 Å². The lowest BCUT2D eigenvalue weighted by molar-refractivity contribution is 0.0734. The number of hydrogen-bond donors (Lipinski definition) is 0. The van der Waals surface area contributed by atoms with E-state index >= 15 is 0 Å². The van der Waals surface area contributed by atoms with E-state index in [2.05, 4.69) is 0 Å². The number of carbonyl (C=O) groups is 3. The number of ether oxygens (including phenoxy) is 1. The second-order valence-corrected chi connectivity index (χ2v) is 9.28. The molecule has 1 aromatic heterocycles. The number of nitrogens with zero attached hydrogens (tertiary/aromatic N) is 2. The van der Waals surface area contributed by atoms with Gasteiger partial charge < -0.3 is 9.30 Å². The summed E-state index contributed by atoms with van der Waals surface area (Å²) in [5, 5.41) is 0.399. The normalized spacial score (nSPS) is 10.8. The molecule has 0 spiro atoms. The zero-order valence-electron chi connectivity index (χ0n) is 22.3. The molecule has 8 heteroatoms. The van der Waals surface area contributed by atoms with Crippen LogP contribution in [0.2, 0.25) is 0 Å². The fraction of sp³-hybridized carbons (Fsp3) is 0.0909. The summed E-state index contributed by atoms with van der Waals surface area (Å²) in [6, 6.07) is 26.2. The minimum Gasteiger partial charge on any atom is -0.421 e. The third-order valence-corrected chi connectivity index (χ3v) is 6.77. The molecule has 0 aliphatic heterocycles. The summed E-state index contributed by atoms with van der Waals surface area (Å²) >= 11 is 0. The Balaban J connectivity index is 1.79. The van der Waals surface area contributed by atoms with Crippen LogP contribution in [0.3, 0.4) is 0 Å². The Morgan fingerprint density at radius 2 is 1.39 bits per heavy atom. The van der Waals surface area contributed by atoms with Gasteiger partial charge in [-0.05, 0) is 66.6 Å². The zero-order valence-corrected chi connectivity index (χ0v) is 22.3. The summed E-state index contributed by atoms with van der Waals surface area (Å²) in [7, 11) is 1.50. The molecule has 0 N–H and O–H groups in total. The van der Waals surface area contributed by atoms with Gasteiger partial charge in [0.15, 0.2) is 5.75 Å². The van der Waals surface area contributed by atoms with Crippen LogP contribution in [0.4, 0.5) is 10.1 Å². The van der Waals surface area contributed by atoms with E-state index in [9.17, 15) is 23.6 Å². The fourth-order valence-electron chi connectivity index (χ4n) is 4.68. The lowest BCUT2D eigenvalue weighted by Crippen LogP contribution is -2.41. The number of benzene rings is 4. The number of imide groups is 1. The Kier molecular flexibility index (Phi) is 7.56. The predicted octanol–water partition coefficient (Wildman–Crippen LogP) is 5.95. The van der Waals surface area contributed by atoms with Gasteiger partial charge >= 0.3 is 5.97 Å². The van der Waals surface area contributed by atoms with Crippen molar-refractivity contribution in [3.8, 4) is 5.75 Å².